The Morgan fingerprint density at radius 2 is 1.86 bits per heavy atom. The Morgan fingerprint density at radius 1 is 1.21 bits per heavy atom. The van der Waals surface area contributed by atoms with E-state index >= 15 is 0 Å². The van der Waals surface area contributed by atoms with Gasteiger partial charge in [0, 0.05) is 24.0 Å². The van der Waals surface area contributed by atoms with Crippen LogP contribution in [0.2, 0.25) is 0 Å². The molecular weight excluding hydrogens is 176 g/mol. The Bertz CT molecular complexity index is 237. The molecule has 2 aliphatic rings. The standard InChI is InChI=1S/C11H20N2O/c1-11(2)7-10(14)12-8-5-3-4-6-9(8)13-11/h8-9,13H,3-7H2,1-2H3,(H,12,14)/t8-,9+/m1/s1. The van der Waals surface area contributed by atoms with Gasteiger partial charge in [-0.25, -0.2) is 0 Å². The van der Waals surface area contributed by atoms with E-state index in [2.05, 4.69) is 24.5 Å². The van der Waals surface area contributed by atoms with Crippen LogP contribution in [0.1, 0.15) is 46.0 Å². The van der Waals surface area contributed by atoms with Crippen molar-refractivity contribution in [1.29, 1.82) is 0 Å². The van der Waals surface area contributed by atoms with E-state index in [1.165, 1.54) is 19.3 Å². The predicted molar refractivity (Wildman–Crippen MR) is 56.0 cm³/mol. The third kappa shape index (κ3) is 2.08. The Kier molecular flexibility index (Phi) is 2.52. The number of rotatable bonds is 0. The summed E-state index contributed by atoms with van der Waals surface area (Å²) in [4.78, 5) is 11.6. The number of nitrogens with one attached hydrogen (secondary N) is 2. The summed E-state index contributed by atoms with van der Waals surface area (Å²) < 4.78 is 0. The van der Waals surface area contributed by atoms with E-state index < -0.39 is 0 Å². The molecule has 0 aromatic rings. The lowest BCUT2D eigenvalue weighted by molar-refractivity contribution is -0.122. The lowest BCUT2D eigenvalue weighted by Crippen LogP contribution is -2.52. The highest BCUT2D eigenvalue weighted by atomic mass is 16.1. The first-order chi connectivity index (χ1) is 6.57. The van der Waals surface area contributed by atoms with E-state index in [4.69, 9.17) is 0 Å². The molecule has 3 nitrogen and oxygen atoms in total. The van der Waals surface area contributed by atoms with E-state index in [0.29, 0.717) is 18.5 Å². The minimum Gasteiger partial charge on any atom is -0.352 e. The predicted octanol–water partition coefficient (Wildman–Crippen LogP) is 1.19. The molecule has 0 aromatic carbocycles. The monoisotopic (exact) mass is 196 g/mol. The Labute approximate surface area is 85.6 Å². The molecule has 2 rings (SSSR count). The van der Waals surface area contributed by atoms with Gasteiger partial charge in [-0.3, -0.25) is 4.79 Å². The molecule has 14 heavy (non-hydrogen) atoms. The fourth-order valence-corrected chi connectivity index (χ4v) is 2.69. The number of hydrogen-bond donors (Lipinski definition) is 2. The molecule has 1 saturated heterocycles. The molecule has 2 N–H and O–H groups in total. The van der Waals surface area contributed by atoms with Gasteiger partial charge in [-0.05, 0) is 26.7 Å². The number of carbonyl (C=O) groups is 1. The van der Waals surface area contributed by atoms with Crippen LogP contribution >= 0.6 is 0 Å². The van der Waals surface area contributed by atoms with Crippen molar-refractivity contribution in [2.24, 2.45) is 0 Å². The highest BCUT2D eigenvalue weighted by molar-refractivity contribution is 5.78. The normalized spacial score (nSPS) is 36.9. The van der Waals surface area contributed by atoms with E-state index in [-0.39, 0.29) is 11.4 Å². The van der Waals surface area contributed by atoms with Gasteiger partial charge in [-0.15, -0.1) is 0 Å². The topological polar surface area (TPSA) is 41.1 Å². The fourth-order valence-electron chi connectivity index (χ4n) is 2.69. The molecule has 3 heteroatoms. The quantitative estimate of drug-likeness (QED) is 0.611. The summed E-state index contributed by atoms with van der Waals surface area (Å²) in [5, 5.41) is 6.74. The zero-order valence-electron chi connectivity index (χ0n) is 9.10. The average molecular weight is 196 g/mol. The molecule has 0 bridgehead atoms. The van der Waals surface area contributed by atoms with Crippen molar-refractivity contribution in [3.8, 4) is 0 Å². The van der Waals surface area contributed by atoms with Gasteiger partial charge in [-0.2, -0.15) is 0 Å². The molecule has 2 atom stereocenters. The SMILES string of the molecule is CC1(C)CC(=O)N[C@@H]2CCCC[C@@H]2N1. The molecule has 1 saturated carbocycles. The Balaban J connectivity index is 2.12. The van der Waals surface area contributed by atoms with Gasteiger partial charge in [0.15, 0.2) is 0 Å². The molecule has 0 unspecified atom stereocenters. The molecule has 80 valence electrons. The van der Waals surface area contributed by atoms with Crippen LogP contribution in [0.5, 0.6) is 0 Å². The van der Waals surface area contributed by atoms with Gasteiger partial charge in [0.1, 0.15) is 0 Å². The summed E-state index contributed by atoms with van der Waals surface area (Å²) in [5.74, 6) is 0.205. The summed E-state index contributed by atoms with van der Waals surface area (Å²) in [6.45, 7) is 4.23. The maximum absolute atomic E-state index is 11.6. The number of hydrogen-bond acceptors (Lipinski definition) is 2. The Morgan fingerprint density at radius 3 is 2.57 bits per heavy atom. The van der Waals surface area contributed by atoms with Crippen LogP contribution in [0, 0.1) is 0 Å². The number of fused-ring (bicyclic) bond motifs is 1. The van der Waals surface area contributed by atoms with Crippen LogP contribution in [-0.4, -0.2) is 23.5 Å². The summed E-state index contributed by atoms with van der Waals surface area (Å²) in [7, 11) is 0. The number of amides is 1. The third-order valence-corrected chi connectivity index (χ3v) is 3.29. The van der Waals surface area contributed by atoms with Crippen LogP contribution in [0.3, 0.4) is 0 Å². The van der Waals surface area contributed by atoms with Crippen molar-refractivity contribution >= 4 is 5.91 Å². The summed E-state index contributed by atoms with van der Waals surface area (Å²) in [5.41, 5.74) is -0.0408. The van der Waals surface area contributed by atoms with Gasteiger partial charge in [0.25, 0.3) is 0 Å². The van der Waals surface area contributed by atoms with Gasteiger partial charge >= 0.3 is 0 Å². The molecule has 1 aliphatic heterocycles. The largest absolute Gasteiger partial charge is 0.352 e. The van der Waals surface area contributed by atoms with Crippen molar-refractivity contribution in [2.45, 2.75) is 63.6 Å². The first kappa shape index (κ1) is 9.97. The van der Waals surface area contributed by atoms with E-state index in [9.17, 15) is 4.79 Å². The third-order valence-electron chi connectivity index (χ3n) is 3.29. The molecule has 0 aromatic heterocycles. The summed E-state index contributed by atoms with van der Waals surface area (Å²) >= 11 is 0. The van der Waals surface area contributed by atoms with Gasteiger partial charge in [0.2, 0.25) is 5.91 Å². The second kappa shape index (κ2) is 3.54. The molecule has 0 spiro atoms. The van der Waals surface area contributed by atoms with Crippen LogP contribution in [-0.2, 0) is 4.79 Å². The van der Waals surface area contributed by atoms with Gasteiger partial charge < -0.3 is 10.6 Å². The van der Waals surface area contributed by atoms with E-state index in [1.807, 2.05) is 0 Å². The highest BCUT2D eigenvalue weighted by Gasteiger charge is 2.35. The Hall–Kier alpha value is -0.570. The number of carbonyl (C=O) groups excluding carboxylic acids is 1. The molecule has 2 fully saturated rings. The lowest BCUT2D eigenvalue weighted by atomic mass is 9.89. The first-order valence-corrected chi connectivity index (χ1v) is 5.64. The van der Waals surface area contributed by atoms with Crippen molar-refractivity contribution in [3.05, 3.63) is 0 Å². The van der Waals surface area contributed by atoms with Crippen molar-refractivity contribution in [3.63, 3.8) is 0 Å². The first-order valence-electron chi connectivity index (χ1n) is 5.64. The molecule has 1 heterocycles. The van der Waals surface area contributed by atoms with Crippen LogP contribution in [0.4, 0.5) is 0 Å². The minimum absolute atomic E-state index is 0.0408. The zero-order chi connectivity index (χ0) is 10.2. The maximum Gasteiger partial charge on any atom is 0.222 e. The zero-order valence-corrected chi connectivity index (χ0v) is 9.10. The van der Waals surface area contributed by atoms with Crippen LogP contribution < -0.4 is 10.6 Å². The minimum atomic E-state index is -0.0408. The molecule has 1 aliphatic carbocycles. The molecule has 1 amide bonds. The summed E-state index contributed by atoms with van der Waals surface area (Å²) in [6, 6.07) is 0.864. The van der Waals surface area contributed by atoms with E-state index in [0.717, 1.165) is 6.42 Å². The maximum atomic E-state index is 11.6. The van der Waals surface area contributed by atoms with Crippen LogP contribution in [0.15, 0.2) is 0 Å². The van der Waals surface area contributed by atoms with Crippen molar-refractivity contribution in [2.75, 3.05) is 0 Å². The second-order valence-corrected chi connectivity index (χ2v) is 5.27. The van der Waals surface area contributed by atoms with E-state index in [1.54, 1.807) is 0 Å². The molecule has 0 radical (unpaired) electrons. The van der Waals surface area contributed by atoms with Gasteiger partial charge in [0.05, 0.1) is 0 Å². The molecular formula is C11H20N2O. The smallest absolute Gasteiger partial charge is 0.222 e. The highest BCUT2D eigenvalue weighted by Crippen LogP contribution is 2.24. The van der Waals surface area contributed by atoms with Crippen molar-refractivity contribution < 1.29 is 4.79 Å². The van der Waals surface area contributed by atoms with Gasteiger partial charge in [-0.1, -0.05) is 12.8 Å². The van der Waals surface area contributed by atoms with Crippen LogP contribution in [0.25, 0.3) is 0 Å². The average Bonchev–Trinajstić information content (AvgIpc) is 2.16. The summed E-state index contributed by atoms with van der Waals surface area (Å²) in [6.07, 6.45) is 5.48. The second-order valence-electron chi connectivity index (χ2n) is 5.27. The fraction of sp³-hybridized carbons (Fsp3) is 0.909. The lowest BCUT2D eigenvalue weighted by Gasteiger charge is -2.34. The van der Waals surface area contributed by atoms with Crippen molar-refractivity contribution in [1.82, 2.24) is 10.6 Å².